The Balaban J connectivity index is 2.71. The molecule has 0 saturated heterocycles. The summed E-state index contributed by atoms with van der Waals surface area (Å²) in [5.74, 6) is 0.729. The highest BCUT2D eigenvalue weighted by atomic mass is 79.9. The molecule has 3 nitrogen and oxygen atoms in total. The topological polar surface area (TPSA) is 59.0 Å². The highest BCUT2D eigenvalue weighted by Gasteiger charge is 2.21. The third kappa shape index (κ3) is 3.72. The number of benzene rings is 1. The number of nitriles is 1. The van der Waals surface area contributed by atoms with E-state index in [-0.39, 0.29) is 5.54 Å². The molecule has 0 fully saturated rings. The van der Waals surface area contributed by atoms with Crippen LogP contribution in [0.15, 0.2) is 22.7 Å². The third-order valence-electron chi connectivity index (χ3n) is 3.00. The van der Waals surface area contributed by atoms with Crippen molar-refractivity contribution in [1.29, 1.82) is 5.26 Å². The van der Waals surface area contributed by atoms with Crippen LogP contribution >= 0.6 is 15.9 Å². The Hall–Kier alpha value is -1.05. The lowest BCUT2D eigenvalue weighted by Crippen LogP contribution is -2.44. The van der Waals surface area contributed by atoms with E-state index < -0.39 is 0 Å². The van der Waals surface area contributed by atoms with E-state index in [1.165, 1.54) is 0 Å². The van der Waals surface area contributed by atoms with E-state index in [9.17, 15) is 0 Å². The summed E-state index contributed by atoms with van der Waals surface area (Å²) >= 11 is 3.33. The summed E-state index contributed by atoms with van der Waals surface area (Å²) in [6, 6.07) is 7.40. The second kappa shape index (κ2) is 6.04. The van der Waals surface area contributed by atoms with Gasteiger partial charge in [-0.2, -0.15) is 5.26 Å². The molecule has 0 unspecified atom stereocenters. The van der Waals surface area contributed by atoms with Crippen molar-refractivity contribution in [3.63, 3.8) is 0 Å². The predicted octanol–water partition coefficient (Wildman–Crippen LogP) is 3.22. The molecule has 0 bridgehead atoms. The van der Waals surface area contributed by atoms with E-state index in [4.69, 9.17) is 15.7 Å². The van der Waals surface area contributed by atoms with E-state index in [1.807, 2.05) is 0 Å². The molecule has 0 aromatic heterocycles. The van der Waals surface area contributed by atoms with Crippen molar-refractivity contribution >= 4 is 15.9 Å². The molecule has 0 spiro atoms. The first-order valence-corrected chi connectivity index (χ1v) is 6.45. The van der Waals surface area contributed by atoms with Gasteiger partial charge in [-0.05, 0) is 47.0 Å². The highest BCUT2D eigenvalue weighted by molar-refractivity contribution is 9.10. The molecule has 1 aromatic rings. The first kappa shape index (κ1) is 14.0. The third-order valence-corrected chi connectivity index (χ3v) is 3.65. The Bertz CT molecular complexity index is 422. The summed E-state index contributed by atoms with van der Waals surface area (Å²) in [5, 5.41) is 8.80. The zero-order valence-electron chi connectivity index (χ0n) is 10.2. The largest absolute Gasteiger partial charge is 0.492 e. The van der Waals surface area contributed by atoms with Gasteiger partial charge in [-0.15, -0.1) is 0 Å². The number of rotatable bonds is 5. The minimum absolute atomic E-state index is 0.277. The van der Waals surface area contributed by atoms with Crippen LogP contribution in [0, 0.1) is 11.3 Å². The number of hydrogen-bond donors (Lipinski definition) is 1. The lowest BCUT2D eigenvalue weighted by molar-refractivity contribution is 0.207. The molecule has 4 heteroatoms. The molecule has 1 rings (SSSR count). The van der Waals surface area contributed by atoms with E-state index in [0.717, 1.165) is 23.1 Å². The Labute approximate surface area is 111 Å². The molecule has 0 amide bonds. The van der Waals surface area contributed by atoms with Gasteiger partial charge >= 0.3 is 0 Å². The summed E-state index contributed by atoms with van der Waals surface area (Å²) in [7, 11) is 0. The van der Waals surface area contributed by atoms with Crippen LogP contribution in [0.1, 0.15) is 32.3 Å². The maximum Gasteiger partial charge on any atom is 0.120 e. The molecule has 0 atom stereocenters. The molecule has 17 heavy (non-hydrogen) atoms. The molecule has 1 aromatic carbocycles. The fourth-order valence-corrected chi connectivity index (χ4v) is 1.80. The smallest absolute Gasteiger partial charge is 0.120 e. The van der Waals surface area contributed by atoms with Gasteiger partial charge in [-0.25, -0.2) is 0 Å². The maximum atomic E-state index is 8.80. The van der Waals surface area contributed by atoms with Crippen LogP contribution in [-0.2, 0) is 0 Å². The Kier molecular flexibility index (Phi) is 4.98. The van der Waals surface area contributed by atoms with Crippen LogP contribution in [-0.4, -0.2) is 12.1 Å². The zero-order chi connectivity index (χ0) is 12.9. The van der Waals surface area contributed by atoms with Gasteiger partial charge in [0, 0.05) is 10.0 Å². The average molecular weight is 297 g/mol. The Morgan fingerprint density at radius 1 is 1.41 bits per heavy atom. The van der Waals surface area contributed by atoms with Crippen molar-refractivity contribution in [2.75, 3.05) is 6.61 Å². The lowest BCUT2D eigenvalue weighted by Gasteiger charge is -2.26. The highest BCUT2D eigenvalue weighted by Crippen LogP contribution is 2.23. The number of hydrogen-bond acceptors (Lipinski definition) is 3. The van der Waals surface area contributed by atoms with Gasteiger partial charge in [-0.3, -0.25) is 0 Å². The molecule has 0 heterocycles. The van der Waals surface area contributed by atoms with Crippen LogP contribution in [0.4, 0.5) is 0 Å². The van der Waals surface area contributed by atoms with Crippen LogP contribution in [0.2, 0.25) is 0 Å². The lowest BCUT2D eigenvalue weighted by atomic mass is 9.96. The summed E-state index contributed by atoms with van der Waals surface area (Å²) in [6.45, 7) is 4.60. The zero-order valence-corrected chi connectivity index (χ0v) is 11.8. The van der Waals surface area contributed by atoms with Crippen LogP contribution in [0.3, 0.4) is 0 Å². The normalized spacial score (nSPS) is 11.0. The van der Waals surface area contributed by atoms with E-state index >= 15 is 0 Å². The van der Waals surface area contributed by atoms with Gasteiger partial charge in [0.15, 0.2) is 0 Å². The van der Waals surface area contributed by atoms with Gasteiger partial charge in [0.2, 0.25) is 0 Å². The Morgan fingerprint density at radius 2 is 2.06 bits per heavy atom. The van der Waals surface area contributed by atoms with E-state index in [2.05, 4.69) is 35.8 Å². The monoisotopic (exact) mass is 296 g/mol. The number of ether oxygens (including phenoxy) is 1. The van der Waals surface area contributed by atoms with Crippen LogP contribution in [0.5, 0.6) is 5.75 Å². The van der Waals surface area contributed by atoms with Gasteiger partial charge in [0.05, 0.1) is 5.56 Å². The minimum atomic E-state index is -0.277. The number of nitrogens with zero attached hydrogens (tertiary/aromatic N) is 1. The van der Waals surface area contributed by atoms with Crippen molar-refractivity contribution in [3.05, 3.63) is 28.2 Å². The molecule has 0 radical (unpaired) electrons. The van der Waals surface area contributed by atoms with Crippen molar-refractivity contribution in [2.45, 2.75) is 32.2 Å². The standard InChI is InChI=1S/C13H17BrN2O/c1-3-13(16,4-2)9-17-11-6-5-10(8-15)12(14)7-11/h5-7H,3-4,9,16H2,1-2H3. The van der Waals surface area contributed by atoms with E-state index in [0.29, 0.717) is 12.2 Å². The molecule has 92 valence electrons. The molecule has 0 aliphatic heterocycles. The molecular formula is C13H17BrN2O. The van der Waals surface area contributed by atoms with E-state index in [1.54, 1.807) is 18.2 Å². The molecular weight excluding hydrogens is 280 g/mol. The molecule has 0 aliphatic carbocycles. The molecule has 2 N–H and O–H groups in total. The summed E-state index contributed by atoms with van der Waals surface area (Å²) in [4.78, 5) is 0. The summed E-state index contributed by atoms with van der Waals surface area (Å²) in [5.41, 5.74) is 6.47. The van der Waals surface area contributed by atoms with Crippen molar-refractivity contribution < 1.29 is 4.74 Å². The van der Waals surface area contributed by atoms with Crippen molar-refractivity contribution in [1.82, 2.24) is 0 Å². The van der Waals surface area contributed by atoms with Crippen molar-refractivity contribution in [2.24, 2.45) is 5.73 Å². The average Bonchev–Trinajstić information content (AvgIpc) is 2.36. The summed E-state index contributed by atoms with van der Waals surface area (Å²) < 4.78 is 6.41. The quantitative estimate of drug-likeness (QED) is 0.907. The van der Waals surface area contributed by atoms with Gasteiger partial charge < -0.3 is 10.5 Å². The molecule has 0 aliphatic rings. The first-order valence-electron chi connectivity index (χ1n) is 5.66. The number of nitrogens with two attached hydrogens (primary N) is 1. The second-order valence-corrected chi connectivity index (χ2v) is 4.97. The fraction of sp³-hybridized carbons (Fsp3) is 0.462. The fourth-order valence-electron chi connectivity index (χ4n) is 1.36. The molecule has 0 saturated carbocycles. The second-order valence-electron chi connectivity index (χ2n) is 4.11. The van der Waals surface area contributed by atoms with Crippen LogP contribution in [0.25, 0.3) is 0 Å². The minimum Gasteiger partial charge on any atom is -0.492 e. The van der Waals surface area contributed by atoms with Gasteiger partial charge in [-0.1, -0.05) is 13.8 Å². The Morgan fingerprint density at radius 3 is 2.53 bits per heavy atom. The van der Waals surface area contributed by atoms with Gasteiger partial charge in [0.25, 0.3) is 0 Å². The first-order chi connectivity index (χ1) is 8.04. The summed E-state index contributed by atoms with van der Waals surface area (Å²) in [6.07, 6.45) is 1.75. The van der Waals surface area contributed by atoms with Crippen LogP contribution < -0.4 is 10.5 Å². The SMILES string of the molecule is CCC(N)(CC)COc1ccc(C#N)c(Br)c1. The van der Waals surface area contributed by atoms with Crippen molar-refractivity contribution in [3.8, 4) is 11.8 Å². The maximum absolute atomic E-state index is 8.80. The van der Waals surface area contributed by atoms with Gasteiger partial charge in [0.1, 0.15) is 18.4 Å². The number of halogens is 1. The predicted molar refractivity (Wildman–Crippen MR) is 71.9 cm³/mol.